The van der Waals surface area contributed by atoms with Crippen LogP contribution in [0.1, 0.15) is 142 Å². The smallest absolute Gasteiger partial charge is 0.431 e. The van der Waals surface area contributed by atoms with Gasteiger partial charge in [-0.05, 0) is 97.2 Å². The van der Waals surface area contributed by atoms with Crippen LogP contribution in [0.3, 0.4) is 0 Å². The molecule has 2 saturated heterocycles. The zero-order valence-electron chi connectivity index (χ0n) is 49.3. The zero-order valence-corrected chi connectivity index (χ0v) is 49.3. The second-order valence-corrected chi connectivity index (χ2v) is 21.0. The molecule has 0 unspecified atom stereocenters. The van der Waals surface area contributed by atoms with Crippen molar-refractivity contribution in [3.8, 4) is 11.5 Å². The maximum Gasteiger partial charge on any atom is 0.431 e. The SMILES string of the molecule is CC(=O)O[C@H]1[C@H](Oc2ccc(CO)cc2C(=O)CCCOCC(=O)OC(C)(C)C)O[C@H](C(C)=O)[C@@H](C)[C@@H]1OC(C)=O.CC(=O)O[C@H]1[C@H](Oc2ccc(CO)cc2C(=O)O)O[C@H](C(C)=O)[C@@H](C)[C@@H]1OC(C)=O.CC(C)(C)OC(=O)NOCCN. The van der Waals surface area contributed by atoms with Gasteiger partial charge in [0, 0.05) is 59.1 Å². The average molecular weight is 1180 g/mol. The summed E-state index contributed by atoms with van der Waals surface area (Å²) in [7, 11) is 0. The van der Waals surface area contributed by atoms with Crippen LogP contribution in [0.25, 0.3) is 0 Å². The topological polar surface area (TPSA) is 380 Å². The molecule has 27 heteroatoms. The van der Waals surface area contributed by atoms with Gasteiger partial charge in [0.25, 0.3) is 0 Å². The molecular formula is C56H80N2O25. The van der Waals surface area contributed by atoms with Gasteiger partial charge in [0.2, 0.25) is 24.8 Å². The van der Waals surface area contributed by atoms with Crippen molar-refractivity contribution in [2.75, 3.05) is 26.4 Å². The van der Waals surface area contributed by atoms with Gasteiger partial charge in [-0.3, -0.25) is 38.4 Å². The van der Waals surface area contributed by atoms with Gasteiger partial charge in [0.05, 0.1) is 25.4 Å². The normalized spacial score (nSPS) is 22.0. The minimum absolute atomic E-state index is 0.0155. The van der Waals surface area contributed by atoms with Crippen LogP contribution in [-0.2, 0) is 94.2 Å². The molecule has 0 saturated carbocycles. The second-order valence-electron chi connectivity index (χ2n) is 21.0. The van der Waals surface area contributed by atoms with Gasteiger partial charge in [-0.2, -0.15) is 5.48 Å². The monoisotopic (exact) mass is 1180 g/mol. The molecule has 83 heavy (non-hydrogen) atoms. The van der Waals surface area contributed by atoms with Crippen LogP contribution in [0.15, 0.2) is 36.4 Å². The third-order valence-corrected chi connectivity index (χ3v) is 11.3. The number of aliphatic hydroxyl groups is 2. The van der Waals surface area contributed by atoms with E-state index in [1.165, 1.54) is 71.0 Å². The van der Waals surface area contributed by atoms with E-state index in [1.54, 1.807) is 55.4 Å². The first-order chi connectivity index (χ1) is 38.6. The van der Waals surface area contributed by atoms with E-state index < -0.39 is 114 Å². The molecule has 2 aliphatic rings. The van der Waals surface area contributed by atoms with Crippen molar-refractivity contribution in [2.45, 2.75) is 183 Å². The largest absolute Gasteiger partial charge is 0.478 e. The van der Waals surface area contributed by atoms with Gasteiger partial charge in [-0.15, -0.1) is 0 Å². The Kier molecular flexibility index (Phi) is 29.3. The Bertz CT molecular complexity index is 2550. The molecule has 0 aliphatic carbocycles. The van der Waals surface area contributed by atoms with Crippen molar-refractivity contribution in [3.05, 3.63) is 58.7 Å². The first-order valence-electron chi connectivity index (χ1n) is 26.3. The Morgan fingerprint density at radius 2 is 1.00 bits per heavy atom. The minimum Gasteiger partial charge on any atom is -0.478 e. The number of carboxylic acid groups (broad SMARTS) is 1. The number of ether oxygens (including phenoxy) is 11. The van der Waals surface area contributed by atoms with E-state index in [1.807, 2.05) is 0 Å². The van der Waals surface area contributed by atoms with E-state index >= 15 is 0 Å². The highest BCUT2D eigenvalue weighted by molar-refractivity contribution is 5.99. The number of hydrogen-bond donors (Lipinski definition) is 5. The molecule has 464 valence electrons. The first-order valence-corrected chi connectivity index (χ1v) is 26.3. The summed E-state index contributed by atoms with van der Waals surface area (Å²) in [6.45, 7) is 20.8. The van der Waals surface area contributed by atoms with Crippen molar-refractivity contribution >= 4 is 59.3 Å². The highest BCUT2D eigenvalue weighted by Crippen LogP contribution is 2.36. The van der Waals surface area contributed by atoms with Crippen molar-refractivity contribution < 1.29 is 120 Å². The Balaban J connectivity index is 0.000000487. The summed E-state index contributed by atoms with van der Waals surface area (Å²) in [4.78, 5) is 124. The van der Waals surface area contributed by atoms with Gasteiger partial charge in [-0.1, -0.05) is 26.0 Å². The molecule has 0 aromatic heterocycles. The van der Waals surface area contributed by atoms with Crippen molar-refractivity contribution in [2.24, 2.45) is 17.6 Å². The number of hydrogen-bond acceptors (Lipinski definition) is 25. The average Bonchev–Trinajstić information content (AvgIpc) is 3.53. The van der Waals surface area contributed by atoms with Crippen LogP contribution in [0.4, 0.5) is 4.79 Å². The number of ketones is 3. The minimum atomic E-state index is -1.43. The lowest BCUT2D eigenvalue weighted by atomic mass is 9.88. The summed E-state index contributed by atoms with van der Waals surface area (Å²) in [5.74, 6) is -7.08. The summed E-state index contributed by atoms with van der Waals surface area (Å²) >= 11 is 0. The van der Waals surface area contributed by atoms with Crippen molar-refractivity contribution in [1.82, 2.24) is 5.48 Å². The molecule has 2 heterocycles. The summed E-state index contributed by atoms with van der Waals surface area (Å²) in [5.41, 5.74) is 6.70. The number of hydroxylamine groups is 1. The Morgan fingerprint density at radius 3 is 1.37 bits per heavy atom. The van der Waals surface area contributed by atoms with Gasteiger partial charge >= 0.3 is 41.9 Å². The third kappa shape index (κ3) is 25.1. The number of aliphatic hydroxyl groups excluding tert-OH is 2. The quantitative estimate of drug-likeness (QED) is 0.0343. The molecule has 0 bridgehead atoms. The Morgan fingerprint density at radius 1 is 0.590 bits per heavy atom. The molecule has 0 spiro atoms. The number of carbonyl (C=O) groups excluding carboxylic acids is 9. The molecule has 2 aromatic rings. The fraction of sp³-hybridized carbons (Fsp3) is 0.607. The number of rotatable bonds is 23. The number of carboxylic acids is 1. The predicted octanol–water partition coefficient (Wildman–Crippen LogP) is 4.16. The maximum absolute atomic E-state index is 13.2. The van der Waals surface area contributed by atoms with Gasteiger partial charge in [0.1, 0.15) is 47.1 Å². The van der Waals surface area contributed by atoms with Crippen molar-refractivity contribution in [1.29, 1.82) is 0 Å². The molecule has 2 fully saturated rings. The summed E-state index contributed by atoms with van der Waals surface area (Å²) < 4.78 is 60.1. The van der Waals surface area contributed by atoms with E-state index in [2.05, 4.69) is 10.3 Å². The summed E-state index contributed by atoms with van der Waals surface area (Å²) in [5, 5.41) is 28.3. The fourth-order valence-corrected chi connectivity index (χ4v) is 8.08. The molecule has 0 radical (unpaired) electrons. The highest BCUT2D eigenvalue weighted by atomic mass is 16.7. The lowest BCUT2D eigenvalue weighted by Gasteiger charge is -2.43. The fourth-order valence-electron chi connectivity index (χ4n) is 8.08. The van der Waals surface area contributed by atoms with Gasteiger partial charge in [0.15, 0.2) is 29.6 Å². The number of nitrogens with two attached hydrogens (primary N) is 1. The van der Waals surface area contributed by atoms with Crippen LogP contribution in [0.2, 0.25) is 0 Å². The Hall–Kier alpha value is -7.14. The van der Waals surface area contributed by atoms with Crippen LogP contribution in [-0.4, -0.2) is 161 Å². The zero-order chi connectivity index (χ0) is 63.1. The number of nitrogens with one attached hydrogen (secondary N) is 1. The molecule has 4 rings (SSSR count). The van der Waals surface area contributed by atoms with Crippen LogP contribution in [0, 0.1) is 11.8 Å². The van der Waals surface area contributed by atoms with Crippen LogP contribution in [0.5, 0.6) is 11.5 Å². The number of aromatic carboxylic acids is 1. The molecule has 1 amide bonds. The molecular weight excluding hydrogens is 1100 g/mol. The Labute approximate surface area is 481 Å². The lowest BCUT2D eigenvalue weighted by molar-refractivity contribution is -0.261. The van der Waals surface area contributed by atoms with Gasteiger partial charge < -0.3 is 73.2 Å². The van der Waals surface area contributed by atoms with Crippen LogP contribution < -0.4 is 20.7 Å². The van der Waals surface area contributed by atoms with E-state index in [-0.39, 0.29) is 85.9 Å². The lowest BCUT2D eigenvalue weighted by Crippen LogP contribution is -2.59. The highest BCUT2D eigenvalue weighted by Gasteiger charge is 2.52. The van der Waals surface area contributed by atoms with Crippen LogP contribution >= 0.6 is 0 Å². The molecule has 27 nitrogen and oxygen atoms in total. The summed E-state index contributed by atoms with van der Waals surface area (Å²) in [6, 6.07) is 8.42. The number of esters is 5. The van der Waals surface area contributed by atoms with Gasteiger partial charge in [-0.25, -0.2) is 14.4 Å². The van der Waals surface area contributed by atoms with E-state index in [0.29, 0.717) is 17.7 Å². The third-order valence-electron chi connectivity index (χ3n) is 11.3. The first kappa shape index (κ1) is 72.0. The molecule has 6 N–H and O–H groups in total. The maximum atomic E-state index is 13.2. The number of benzene rings is 2. The number of carbonyl (C=O) groups is 10. The van der Waals surface area contributed by atoms with E-state index in [9.17, 15) is 63.3 Å². The standard InChI is InChI=1S/C29H40O12.C20H24O10.C7H16N2O3/c1-16-25(17(2)31)40-28(27(38-19(4)33)26(16)37-18(3)32)39-23-11-10-20(14-30)13-21(23)22(34)9-8-12-36-15-24(35)41-29(5,6)7;1-9-16(10(2)22)30-20(18(28-12(4)24)17(9)27-11(3)23)29-15-6-5-13(8-21)7-14(15)19(25)26;1-7(2,3)12-6(10)9-11-5-4-8/h10-11,13,16,25-28,30H,8-9,12,14-15H2,1-7H3;5-7,9,16-18,20-21H,8H2,1-4H3,(H,25,26);4-5,8H2,1-3H3,(H,9,10)/t16-,25+,26+,27-,28-;9-,16+,17+,18-,20-;/m11./s1. The number of Topliss-reactive ketones (excluding diaryl/α,β-unsaturated/α-hetero) is 3. The molecule has 2 aliphatic heterocycles. The van der Waals surface area contributed by atoms with E-state index in [0.717, 1.165) is 6.92 Å². The van der Waals surface area contributed by atoms with E-state index in [4.69, 9.17) is 57.8 Å². The number of amides is 1. The molecule has 2 aromatic carbocycles. The predicted molar refractivity (Wildman–Crippen MR) is 287 cm³/mol. The molecule has 10 atom stereocenters. The van der Waals surface area contributed by atoms with Crippen molar-refractivity contribution in [3.63, 3.8) is 0 Å². The second kappa shape index (κ2) is 33.8. The summed E-state index contributed by atoms with van der Waals surface area (Å²) in [6.07, 6.45) is -9.87.